The first kappa shape index (κ1) is 12.4. The molecule has 0 aliphatic heterocycles. The van der Waals surface area contributed by atoms with Crippen molar-refractivity contribution >= 4 is 0 Å². The summed E-state index contributed by atoms with van der Waals surface area (Å²) in [7, 11) is 0. The molecule has 0 heterocycles. The maximum absolute atomic E-state index is 9.25. The van der Waals surface area contributed by atoms with Crippen molar-refractivity contribution in [1.82, 2.24) is 5.32 Å². The number of aromatic hydroxyl groups is 1. The van der Waals surface area contributed by atoms with Crippen LogP contribution in [0.15, 0.2) is 24.3 Å². The summed E-state index contributed by atoms with van der Waals surface area (Å²) in [6.07, 6.45) is 6.34. The maximum atomic E-state index is 9.25. The highest BCUT2D eigenvalue weighted by molar-refractivity contribution is 5.26. The van der Waals surface area contributed by atoms with Gasteiger partial charge in [-0.25, -0.2) is 0 Å². The number of phenolic OH excluding ortho intramolecular Hbond substituents is 1. The minimum atomic E-state index is 0.364. The molecule has 1 fully saturated rings. The first-order valence-corrected chi connectivity index (χ1v) is 6.79. The van der Waals surface area contributed by atoms with E-state index in [9.17, 15) is 5.11 Å². The fourth-order valence-corrected chi connectivity index (χ4v) is 2.76. The van der Waals surface area contributed by atoms with Crippen molar-refractivity contribution in [1.29, 1.82) is 0 Å². The molecule has 2 unspecified atom stereocenters. The summed E-state index contributed by atoms with van der Waals surface area (Å²) in [5, 5.41) is 12.9. The lowest BCUT2D eigenvalue weighted by molar-refractivity contribution is 0.472. The molecule has 0 amide bonds. The van der Waals surface area contributed by atoms with E-state index in [2.05, 4.69) is 12.2 Å². The Bertz CT molecular complexity index is 333. The van der Waals surface area contributed by atoms with Gasteiger partial charge >= 0.3 is 0 Å². The highest BCUT2D eigenvalue weighted by Gasteiger charge is 2.23. The van der Waals surface area contributed by atoms with E-state index in [0.717, 1.165) is 24.9 Å². The highest BCUT2D eigenvalue weighted by atomic mass is 16.3. The van der Waals surface area contributed by atoms with Crippen LogP contribution >= 0.6 is 0 Å². The fourth-order valence-electron chi connectivity index (χ4n) is 2.76. The summed E-state index contributed by atoms with van der Waals surface area (Å²) in [4.78, 5) is 0. The molecule has 0 radical (unpaired) electrons. The van der Waals surface area contributed by atoms with Crippen LogP contribution in [-0.2, 0) is 6.42 Å². The van der Waals surface area contributed by atoms with Crippen molar-refractivity contribution in [3.05, 3.63) is 29.8 Å². The number of hydrogen-bond donors (Lipinski definition) is 2. The Morgan fingerprint density at radius 3 is 2.71 bits per heavy atom. The van der Waals surface area contributed by atoms with Gasteiger partial charge in [-0.15, -0.1) is 0 Å². The van der Waals surface area contributed by atoms with Gasteiger partial charge in [-0.05, 0) is 62.3 Å². The van der Waals surface area contributed by atoms with E-state index in [1.807, 2.05) is 12.1 Å². The summed E-state index contributed by atoms with van der Waals surface area (Å²) >= 11 is 0. The number of benzene rings is 1. The molecule has 1 aromatic rings. The van der Waals surface area contributed by atoms with Crippen LogP contribution in [0.2, 0.25) is 0 Å². The molecular weight excluding hydrogens is 210 g/mol. The standard InChI is InChI=1S/C15H23NO/c1-2-9-16-14-6-3-13(11-14)10-12-4-7-15(17)8-5-12/h4-5,7-8,13-14,16-17H,2-3,6,9-11H2,1H3. The first-order chi connectivity index (χ1) is 8.28. The van der Waals surface area contributed by atoms with E-state index in [1.165, 1.54) is 31.2 Å². The van der Waals surface area contributed by atoms with Crippen LogP contribution in [0, 0.1) is 5.92 Å². The Balaban J connectivity index is 1.79. The molecule has 0 saturated heterocycles. The topological polar surface area (TPSA) is 32.3 Å². The van der Waals surface area contributed by atoms with E-state index in [0.29, 0.717) is 5.75 Å². The molecule has 2 N–H and O–H groups in total. The predicted octanol–water partition coefficient (Wildman–Crippen LogP) is 3.10. The van der Waals surface area contributed by atoms with Crippen LogP contribution in [0.4, 0.5) is 0 Å². The summed E-state index contributed by atoms with van der Waals surface area (Å²) in [5.74, 6) is 1.18. The van der Waals surface area contributed by atoms with Crippen LogP contribution in [0.1, 0.15) is 38.2 Å². The monoisotopic (exact) mass is 233 g/mol. The van der Waals surface area contributed by atoms with Crippen LogP contribution in [-0.4, -0.2) is 17.7 Å². The van der Waals surface area contributed by atoms with Crippen molar-refractivity contribution in [3.8, 4) is 5.75 Å². The summed E-state index contributed by atoms with van der Waals surface area (Å²) < 4.78 is 0. The van der Waals surface area contributed by atoms with Gasteiger partial charge in [-0.1, -0.05) is 19.1 Å². The molecule has 1 aliphatic carbocycles. The van der Waals surface area contributed by atoms with Crippen LogP contribution in [0.5, 0.6) is 5.75 Å². The largest absolute Gasteiger partial charge is 0.508 e. The quantitative estimate of drug-likeness (QED) is 0.819. The molecule has 2 rings (SSSR count). The van der Waals surface area contributed by atoms with Gasteiger partial charge in [0.05, 0.1) is 0 Å². The second kappa shape index (κ2) is 6.06. The number of phenols is 1. The molecule has 17 heavy (non-hydrogen) atoms. The zero-order chi connectivity index (χ0) is 12.1. The van der Waals surface area contributed by atoms with Crippen molar-refractivity contribution < 1.29 is 5.11 Å². The Morgan fingerprint density at radius 1 is 1.24 bits per heavy atom. The van der Waals surface area contributed by atoms with E-state index in [4.69, 9.17) is 0 Å². The third-order valence-corrected chi connectivity index (χ3v) is 3.68. The molecule has 1 saturated carbocycles. The molecule has 0 bridgehead atoms. The molecule has 2 atom stereocenters. The lowest BCUT2D eigenvalue weighted by Gasteiger charge is -2.12. The van der Waals surface area contributed by atoms with Crippen molar-refractivity contribution in [2.24, 2.45) is 5.92 Å². The van der Waals surface area contributed by atoms with Gasteiger partial charge in [-0.3, -0.25) is 0 Å². The third kappa shape index (κ3) is 3.74. The minimum Gasteiger partial charge on any atom is -0.508 e. The van der Waals surface area contributed by atoms with Crippen molar-refractivity contribution in [3.63, 3.8) is 0 Å². The number of hydrogen-bond acceptors (Lipinski definition) is 2. The van der Waals surface area contributed by atoms with Gasteiger partial charge in [0.2, 0.25) is 0 Å². The molecule has 2 nitrogen and oxygen atoms in total. The molecule has 1 aromatic carbocycles. The third-order valence-electron chi connectivity index (χ3n) is 3.68. The Kier molecular flexibility index (Phi) is 4.43. The summed E-state index contributed by atoms with van der Waals surface area (Å²) in [6.45, 7) is 3.37. The Morgan fingerprint density at radius 2 is 2.00 bits per heavy atom. The number of nitrogens with one attached hydrogen (secondary N) is 1. The zero-order valence-electron chi connectivity index (χ0n) is 10.7. The van der Waals surface area contributed by atoms with E-state index in [-0.39, 0.29) is 0 Å². The first-order valence-electron chi connectivity index (χ1n) is 6.79. The lowest BCUT2D eigenvalue weighted by atomic mass is 9.98. The van der Waals surface area contributed by atoms with E-state index >= 15 is 0 Å². The van der Waals surface area contributed by atoms with Gasteiger partial charge in [0.1, 0.15) is 5.75 Å². The average Bonchev–Trinajstić information content (AvgIpc) is 2.77. The van der Waals surface area contributed by atoms with Gasteiger partial charge in [0.25, 0.3) is 0 Å². The molecule has 0 aromatic heterocycles. The molecule has 0 spiro atoms. The smallest absolute Gasteiger partial charge is 0.115 e. The second-order valence-corrected chi connectivity index (χ2v) is 5.20. The van der Waals surface area contributed by atoms with Crippen molar-refractivity contribution in [2.45, 2.75) is 45.1 Å². The normalized spacial score (nSPS) is 24.1. The maximum Gasteiger partial charge on any atom is 0.115 e. The second-order valence-electron chi connectivity index (χ2n) is 5.20. The number of rotatable bonds is 5. The van der Waals surface area contributed by atoms with Gasteiger partial charge in [0.15, 0.2) is 0 Å². The highest BCUT2D eigenvalue weighted by Crippen LogP contribution is 2.29. The lowest BCUT2D eigenvalue weighted by Crippen LogP contribution is -2.27. The average molecular weight is 233 g/mol. The summed E-state index contributed by atoms with van der Waals surface area (Å²) in [5.41, 5.74) is 1.35. The molecule has 1 aliphatic rings. The molecule has 2 heteroatoms. The minimum absolute atomic E-state index is 0.364. The predicted molar refractivity (Wildman–Crippen MR) is 71.2 cm³/mol. The van der Waals surface area contributed by atoms with Crippen LogP contribution in [0.25, 0.3) is 0 Å². The molecule has 94 valence electrons. The fraction of sp³-hybridized carbons (Fsp3) is 0.600. The van der Waals surface area contributed by atoms with Crippen LogP contribution < -0.4 is 5.32 Å². The van der Waals surface area contributed by atoms with Gasteiger partial charge in [0, 0.05) is 6.04 Å². The summed E-state index contributed by atoms with van der Waals surface area (Å²) in [6, 6.07) is 8.40. The molecular formula is C15H23NO. The van der Waals surface area contributed by atoms with E-state index < -0.39 is 0 Å². The SMILES string of the molecule is CCCNC1CCC(Cc2ccc(O)cc2)C1. The van der Waals surface area contributed by atoms with Gasteiger partial charge < -0.3 is 10.4 Å². The van der Waals surface area contributed by atoms with Gasteiger partial charge in [-0.2, -0.15) is 0 Å². The Hall–Kier alpha value is -1.02. The van der Waals surface area contributed by atoms with Crippen LogP contribution in [0.3, 0.4) is 0 Å². The van der Waals surface area contributed by atoms with E-state index in [1.54, 1.807) is 12.1 Å². The van der Waals surface area contributed by atoms with Crippen molar-refractivity contribution in [2.75, 3.05) is 6.54 Å². The Labute approximate surface area is 104 Å². The zero-order valence-corrected chi connectivity index (χ0v) is 10.7.